The summed E-state index contributed by atoms with van der Waals surface area (Å²) in [6.07, 6.45) is 0. The van der Waals surface area contributed by atoms with Crippen LogP contribution < -0.4 is 5.56 Å². The molecule has 0 radical (unpaired) electrons. The highest BCUT2D eigenvalue weighted by molar-refractivity contribution is 5.35. The minimum atomic E-state index is -1.75. The Hall–Kier alpha value is -2.35. The van der Waals surface area contributed by atoms with Gasteiger partial charge >= 0.3 is 0 Å². The summed E-state index contributed by atoms with van der Waals surface area (Å²) in [5.74, 6) is -5.32. The summed E-state index contributed by atoms with van der Waals surface area (Å²) in [6.45, 7) is -0.711. The van der Waals surface area contributed by atoms with E-state index in [4.69, 9.17) is 5.11 Å². The van der Waals surface area contributed by atoms with Crippen molar-refractivity contribution in [1.29, 1.82) is 0 Å². The summed E-state index contributed by atoms with van der Waals surface area (Å²) in [4.78, 5) is 11.5. The molecule has 0 amide bonds. The van der Waals surface area contributed by atoms with E-state index in [1.807, 2.05) is 0 Å². The Morgan fingerprint density at radius 2 is 1.89 bits per heavy atom. The van der Waals surface area contributed by atoms with Gasteiger partial charge in [-0.2, -0.15) is 9.78 Å². The van der Waals surface area contributed by atoms with Crippen LogP contribution in [0.15, 0.2) is 23.0 Å². The number of aromatic nitrogens is 2. The predicted molar refractivity (Wildman–Crippen MR) is 57.3 cm³/mol. The minimum Gasteiger partial charge on any atom is -0.506 e. The summed E-state index contributed by atoms with van der Waals surface area (Å²) in [6, 6.07) is 2.13. The van der Waals surface area contributed by atoms with Crippen LogP contribution in [0.1, 0.15) is 5.69 Å². The van der Waals surface area contributed by atoms with Crippen molar-refractivity contribution in [1.82, 2.24) is 9.78 Å². The van der Waals surface area contributed by atoms with Crippen molar-refractivity contribution in [3.8, 4) is 11.4 Å². The molecular formula is C11H7F3N2O3. The van der Waals surface area contributed by atoms with Crippen molar-refractivity contribution in [2.45, 2.75) is 6.61 Å². The Balaban J connectivity index is 2.72. The van der Waals surface area contributed by atoms with Gasteiger partial charge in [0.25, 0.3) is 5.56 Å². The van der Waals surface area contributed by atoms with Crippen LogP contribution in [0.5, 0.6) is 5.75 Å². The fourth-order valence-corrected chi connectivity index (χ4v) is 1.45. The predicted octanol–water partition coefficient (Wildman–Crippen LogP) is 0.848. The summed E-state index contributed by atoms with van der Waals surface area (Å²) >= 11 is 0. The topological polar surface area (TPSA) is 75.3 Å². The smallest absolute Gasteiger partial charge is 0.275 e. The molecule has 0 saturated carbocycles. The van der Waals surface area contributed by atoms with Gasteiger partial charge in [-0.05, 0) is 12.1 Å². The van der Waals surface area contributed by atoms with Gasteiger partial charge < -0.3 is 10.2 Å². The van der Waals surface area contributed by atoms with E-state index in [0.717, 1.165) is 6.07 Å². The number of rotatable bonds is 2. The maximum Gasteiger partial charge on any atom is 0.275 e. The summed E-state index contributed by atoms with van der Waals surface area (Å²) in [5.41, 5.74) is -1.89. The van der Waals surface area contributed by atoms with E-state index in [2.05, 4.69) is 5.10 Å². The zero-order chi connectivity index (χ0) is 14.2. The highest BCUT2D eigenvalue weighted by Crippen LogP contribution is 2.18. The first-order chi connectivity index (χ1) is 8.95. The van der Waals surface area contributed by atoms with Crippen LogP contribution in [-0.4, -0.2) is 20.0 Å². The van der Waals surface area contributed by atoms with E-state index in [1.54, 1.807) is 0 Å². The lowest BCUT2D eigenvalue weighted by Gasteiger charge is -2.08. The van der Waals surface area contributed by atoms with Crippen molar-refractivity contribution >= 4 is 0 Å². The van der Waals surface area contributed by atoms with Gasteiger partial charge in [0.15, 0.2) is 17.5 Å². The SMILES string of the molecule is O=c1cc(O)c(CO)nn1-c1ccc(F)c(F)c1F. The first kappa shape index (κ1) is 13.1. The molecular weight excluding hydrogens is 265 g/mol. The van der Waals surface area contributed by atoms with Gasteiger partial charge in [0, 0.05) is 6.07 Å². The number of benzene rings is 1. The number of hydrogen-bond donors (Lipinski definition) is 2. The van der Waals surface area contributed by atoms with Crippen LogP contribution >= 0.6 is 0 Å². The fraction of sp³-hybridized carbons (Fsp3) is 0.0909. The molecule has 0 saturated heterocycles. The van der Waals surface area contributed by atoms with Gasteiger partial charge in [-0.25, -0.2) is 13.2 Å². The number of hydrogen-bond acceptors (Lipinski definition) is 4. The second-order valence-electron chi connectivity index (χ2n) is 3.58. The lowest BCUT2D eigenvalue weighted by Crippen LogP contribution is -2.23. The molecule has 8 heteroatoms. The van der Waals surface area contributed by atoms with Gasteiger partial charge in [0.2, 0.25) is 0 Å². The zero-order valence-electron chi connectivity index (χ0n) is 9.27. The number of nitrogens with zero attached hydrogens (tertiary/aromatic N) is 2. The van der Waals surface area contributed by atoms with Crippen LogP contribution in [-0.2, 0) is 6.61 Å². The average molecular weight is 272 g/mol. The largest absolute Gasteiger partial charge is 0.506 e. The van der Waals surface area contributed by atoms with E-state index in [-0.39, 0.29) is 5.69 Å². The molecule has 100 valence electrons. The number of aromatic hydroxyl groups is 1. The number of halogens is 3. The molecule has 2 aromatic rings. The van der Waals surface area contributed by atoms with Crippen molar-refractivity contribution in [3.63, 3.8) is 0 Å². The van der Waals surface area contributed by atoms with E-state index < -0.39 is 41.1 Å². The molecule has 2 N–H and O–H groups in total. The third-order valence-electron chi connectivity index (χ3n) is 2.38. The van der Waals surface area contributed by atoms with Crippen LogP contribution in [0, 0.1) is 17.5 Å². The summed E-state index contributed by atoms with van der Waals surface area (Å²) < 4.78 is 39.8. The molecule has 0 fully saturated rings. The van der Waals surface area contributed by atoms with E-state index in [1.165, 1.54) is 0 Å². The molecule has 0 aliphatic carbocycles. The van der Waals surface area contributed by atoms with Gasteiger partial charge in [-0.3, -0.25) is 4.79 Å². The van der Waals surface area contributed by atoms with Gasteiger partial charge in [0.05, 0.1) is 6.61 Å². The molecule has 1 aromatic carbocycles. The van der Waals surface area contributed by atoms with Crippen molar-refractivity contribution < 1.29 is 23.4 Å². The molecule has 0 unspecified atom stereocenters. The molecule has 5 nitrogen and oxygen atoms in total. The Morgan fingerprint density at radius 1 is 1.21 bits per heavy atom. The molecule has 1 heterocycles. The third-order valence-corrected chi connectivity index (χ3v) is 2.38. The second kappa shape index (κ2) is 4.73. The van der Waals surface area contributed by atoms with Gasteiger partial charge in [-0.15, -0.1) is 0 Å². The molecule has 0 spiro atoms. The Kier molecular flexibility index (Phi) is 3.26. The standard InChI is InChI=1S/C11H7F3N2O3/c12-5-1-2-7(11(14)10(5)13)16-9(19)3-8(18)6(4-17)15-16/h1-3,17-18H,4H2. The van der Waals surface area contributed by atoms with Crippen molar-refractivity contribution in [2.75, 3.05) is 0 Å². The first-order valence-corrected chi connectivity index (χ1v) is 5.02. The molecule has 0 atom stereocenters. The number of aliphatic hydroxyl groups excluding tert-OH is 1. The van der Waals surface area contributed by atoms with E-state index >= 15 is 0 Å². The van der Waals surface area contributed by atoms with E-state index in [0.29, 0.717) is 16.8 Å². The van der Waals surface area contributed by atoms with Crippen LogP contribution in [0.3, 0.4) is 0 Å². The Labute approximate surface area is 104 Å². The molecule has 2 rings (SSSR count). The monoisotopic (exact) mass is 272 g/mol. The highest BCUT2D eigenvalue weighted by atomic mass is 19.2. The molecule has 0 aliphatic rings. The molecule has 0 bridgehead atoms. The minimum absolute atomic E-state index is 0.302. The number of aliphatic hydroxyl groups is 1. The molecule has 19 heavy (non-hydrogen) atoms. The van der Waals surface area contributed by atoms with Crippen molar-refractivity contribution in [2.24, 2.45) is 0 Å². The Bertz CT molecular complexity index is 700. The Morgan fingerprint density at radius 3 is 2.53 bits per heavy atom. The highest BCUT2D eigenvalue weighted by Gasteiger charge is 2.17. The quantitative estimate of drug-likeness (QED) is 0.795. The lowest BCUT2D eigenvalue weighted by atomic mass is 10.2. The van der Waals surface area contributed by atoms with Crippen LogP contribution in [0.4, 0.5) is 13.2 Å². The summed E-state index contributed by atoms with van der Waals surface area (Å²) in [5, 5.41) is 21.6. The summed E-state index contributed by atoms with van der Waals surface area (Å²) in [7, 11) is 0. The van der Waals surface area contributed by atoms with Crippen molar-refractivity contribution in [3.05, 3.63) is 51.7 Å². The fourth-order valence-electron chi connectivity index (χ4n) is 1.45. The van der Waals surface area contributed by atoms with E-state index in [9.17, 15) is 23.1 Å². The van der Waals surface area contributed by atoms with Gasteiger partial charge in [-0.1, -0.05) is 0 Å². The normalized spacial score (nSPS) is 10.7. The van der Waals surface area contributed by atoms with Crippen LogP contribution in [0.25, 0.3) is 5.69 Å². The van der Waals surface area contributed by atoms with Gasteiger partial charge in [0.1, 0.15) is 17.1 Å². The maximum atomic E-state index is 13.5. The first-order valence-electron chi connectivity index (χ1n) is 5.02. The maximum absolute atomic E-state index is 13.5. The third kappa shape index (κ3) is 2.17. The zero-order valence-corrected chi connectivity index (χ0v) is 9.27. The average Bonchev–Trinajstić information content (AvgIpc) is 2.37. The molecule has 0 aliphatic heterocycles. The lowest BCUT2D eigenvalue weighted by molar-refractivity contribution is 0.266. The second-order valence-corrected chi connectivity index (χ2v) is 3.58. The van der Waals surface area contributed by atoms with Crippen LogP contribution in [0.2, 0.25) is 0 Å². The molecule has 1 aromatic heterocycles.